The Morgan fingerprint density at radius 3 is 2.39 bits per heavy atom. The second kappa shape index (κ2) is 5.68. The van der Waals surface area contributed by atoms with Gasteiger partial charge in [0.15, 0.2) is 0 Å². The summed E-state index contributed by atoms with van der Waals surface area (Å²) in [7, 11) is 0. The predicted octanol–water partition coefficient (Wildman–Crippen LogP) is 4.26. The van der Waals surface area contributed by atoms with E-state index < -0.39 is 0 Å². The molecular weight excluding hydrogens is 286 g/mol. The van der Waals surface area contributed by atoms with Gasteiger partial charge < -0.3 is 5.73 Å². The van der Waals surface area contributed by atoms with Crippen LogP contribution in [0.4, 0.5) is 0 Å². The first-order valence-electron chi connectivity index (χ1n) is 6.23. The van der Waals surface area contributed by atoms with Crippen LogP contribution in [0, 0.1) is 0 Å². The van der Waals surface area contributed by atoms with Crippen molar-refractivity contribution in [2.75, 3.05) is 0 Å². The first kappa shape index (κ1) is 13.3. The Morgan fingerprint density at radius 1 is 1.06 bits per heavy atom. The first-order chi connectivity index (χ1) is 8.64. The summed E-state index contributed by atoms with van der Waals surface area (Å²) in [5, 5.41) is 0. The fraction of sp³-hybridized carbons (Fsp3) is 0.250. The quantitative estimate of drug-likeness (QED) is 0.897. The van der Waals surface area contributed by atoms with Crippen LogP contribution in [0.5, 0.6) is 0 Å². The van der Waals surface area contributed by atoms with E-state index >= 15 is 0 Å². The van der Waals surface area contributed by atoms with Crippen LogP contribution in [0.15, 0.2) is 59.1 Å². The molecule has 2 aromatic rings. The van der Waals surface area contributed by atoms with Crippen molar-refractivity contribution in [1.82, 2.24) is 0 Å². The van der Waals surface area contributed by atoms with E-state index in [1.165, 1.54) is 11.1 Å². The lowest BCUT2D eigenvalue weighted by Gasteiger charge is -2.29. The van der Waals surface area contributed by atoms with Crippen molar-refractivity contribution in [3.8, 4) is 0 Å². The zero-order valence-corrected chi connectivity index (χ0v) is 12.2. The second-order valence-electron chi connectivity index (χ2n) is 4.68. The predicted molar refractivity (Wildman–Crippen MR) is 80.4 cm³/mol. The summed E-state index contributed by atoms with van der Waals surface area (Å²) < 4.78 is 1.10. The molecule has 1 nitrogen and oxygen atoms in total. The van der Waals surface area contributed by atoms with Gasteiger partial charge in [0, 0.05) is 10.0 Å². The van der Waals surface area contributed by atoms with E-state index in [1.54, 1.807) is 0 Å². The normalized spacial score (nSPS) is 14.2. The van der Waals surface area contributed by atoms with E-state index in [1.807, 2.05) is 24.3 Å². The second-order valence-corrected chi connectivity index (χ2v) is 5.60. The van der Waals surface area contributed by atoms with Crippen LogP contribution in [0.25, 0.3) is 0 Å². The zero-order chi connectivity index (χ0) is 13.0. The largest absolute Gasteiger partial charge is 0.321 e. The monoisotopic (exact) mass is 303 g/mol. The number of benzene rings is 2. The molecular formula is C16H18BrN. The third-order valence-corrected chi connectivity index (χ3v) is 3.88. The molecule has 2 aromatic carbocycles. The number of hydrogen-bond donors (Lipinski definition) is 1. The Bertz CT molecular complexity index is 510. The van der Waals surface area contributed by atoms with Crippen LogP contribution in [-0.4, -0.2) is 0 Å². The Kier molecular flexibility index (Phi) is 4.20. The van der Waals surface area contributed by atoms with Crippen LogP contribution in [0.1, 0.15) is 24.5 Å². The fourth-order valence-corrected chi connectivity index (χ4v) is 2.66. The van der Waals surface area contributed by atoms with E-state index in [4.69, 9.17) is 5.73 Å². The van der Waals surface area contributed by atoms with Crippen molar-refractivity contribution in [3.63, 3.8) is 0 Å². The van der Waals surface area contributed by atoms with E-state index in [-0.39, 0.29) is 5.54 Å². The minimum Gasteiger partial charge on any atom is -0.321 e. The molecule has 0 fully saturated rings. The van der Waals surface area contributed by atoms with E-state index in [0.717, 1.165) is 17.3 Å². The highest BCUT2D eigenvalue weighted by Crippen LogP contribution is 2.27. The zero-order valence-electron chi connectivity index (χ0n) is 10.6. The van der Waals surface area contributed by atoms with E-state index in [0.29, 0.717) is 0 Å². The fourth-order valence-electron chi connectivity index (χ4n) is 2.21. The molecule has 2 rings (SSSR count). The third-order valence-electron chi connectivity index (χ3n) is 3.39. The summed E-state index contributed by atoms with van der Waals surface area (Å²) in [6, 6.07) is 18.7. The summed E-state index contributed by atoms with van der Waals surface area (Å²) in [5.41, 5.74) is 8.76. The van der Waals surface area contributed by atoms with Gasteiger partial charge in [-0.25, -0.2) is 0 Å². The van der Waals surface area contributed by atoms with Crippen molar-refractivity contribution in [3.05, 3.63) is 70.2 Å². The molecule has 0 amide bonds. The minimum absolute atomic E-state index is 0.290. The average molecular weight is 304 g/mol. The van der Waals surface area contributed by atoms with Crippen LogP contribution in [0.2, 0.25) is 0 Å². The number of nitrogens with two attached hydrogens (primary N) is 1. The van der Waals surface area contributed by atoms with Crippen molar-refractivity contribution < 1.29 is 0 Å². The van der Waals surface area contributed by atoms with Gasteiger partial charge in [-0.2, -0.15) is 0 Å². The van der Waals surface area contributed by atoms with Gasteiger partial charge in [-0.15, -0.1) is 0 Å². The molecule has 0 saturated heterocycles. The molecule has 94 valence electrons. The number of hydrogen-bond acceptors (Lipinski definition) is 1. The Balaban J connectivity index is 2.29. The highest BCUT2D eigenvalue weighted by molar-refractivity contribution is 9.10. The van der Waals surface area contributed by atoms with Crippen LogP contribution in [0.3, 0.4) is 0 Å². The molecule has 0 saturated carbocycles. The topological polar surface area (TPSA) is 26.0 Å². The summed E-state index contributed by atoms with van der Waals surface area (Å²) in [5.74, 6) is 0. The van der Waals surface area contributed by atoms with Gasteiger partial charge in [-0.1, -0.05) is 65.3 Å². The molecule has 2 N–H and O–H groups in total. The van der Waals surface area contributed by atoms with Gasteiger partial charge in [-0.3, -0.25) is 0 Å². The molecule has 0 aliphatic heterocycles. The van der Waals surface area contributed by atoms with Crippen LogP contribution in [-0.2, 0) is 12.0 Å². The molecule has 0 aromatic heterocycles. The Morgan fingerprint density at radius 2 is 1.78 bits per heavy atom. The van der Waals surface area contributed by atoms with Crippen molar-refractivity contribution in [2.24, 2.45) is 5.73 Å². The first-order valence-corrected chi connectivity index (χ1v) is 7.02. The molecule has 0 aliphatic carbocycles. The van der Waals surface area contributed by atoms with E-state index in [2.05, 4.69) is 53.2 Å². The maximum Gasteiger partial charge on any atom is 0.0447 e. The van der Waals surface area contributed by atoms with E-state index in [9.17, 15) is 0 Å². The van der Waals surface area contributed by atoms with Gasteiger partial charge in [-0.05, 0) is 36.1 Å². The molecule has 2 heteroatoms. The lowest BCUT2D eigenvalue weighted by molar-refractivity contribution is 0.425. The SMILES string of the molecule is CCC(N)(Cc1cccc(Br)c1)c1ccccc1. The molecule has 18 heavy (non-hydrogen) atoms. The Hall–Kier alpha value is -1.12. The number of rotatable bonds is 4. The molecule has 0 spiro atoms. The summed E-state index contributed by atoms with van der Waals surface area (Å²) >= 11 is 3.51. The van der Waals surface area contributed by atoms with Crippen molar-refractivity contribution in [1.29, 1.82) is 0 Å². The summed E-state index contributed by atoms with van der Waals surface area (Å²) in [4.78, 5) is 0. The molecule has 0 bridgehead atoms. The van der Waals surface area contributed by atoms with Gasteiger partial charge in [0.25, 0.3) is 0 Å². The standard InChI is InChI=1S/C16H18BrN/c1-2-16(18,14-8-4-3-5-9-14)12-13-7-6-10-15(17)11-13/h3-11H,2,12,18H2,1H3. The number of halogens is 1. The van der Waals surface area contributed by atoms with Gasteiger partial charge in [0.1, 0.15) is 0 Å². The van der Waals surface area contributed by atoms with Crippen molar-refractivity contribution in [2.45, 2.75) is 25.3 Å². The van der Waals surface area contributed by atoms with Crippen LogP contribution < -0.4 is 5.73 Å². The van der Waals surface area contributed by atoms with Gasteiger partial charge in [0.2, 0.25) is 0 Å². The maximum atomic E-state index is 6.59. The summed E-state index contributed by atoms with van der Waals surface area (Å²) in [6.45, 7) is 2.14. The minimum atomic E-state index is -0.290. The Labute approximate surface area is 117 Å². The molecule has 1 unspecified atom stereocenters. The molecule has 0 radical (unpaired) electrons. The van der Waals surface area contributed by atoms with Crippen molar-refractivity contribution >= 4 is 15.9 Å². The van der Waals surface area contributed by atoms with Crippen LogP contribution >= 0.6 is 15.9 Å². The smallest absolute Gasteiger partial charge is 0.0447 e. The summed E-state index contributed by atoms with van der Waals surface area (Å²) in [6.07, 6.45) is 1.77. The third kappa shape index (κ3) is 3.01. The van der Waals surface area contributed by atoms with Gasteiger partial charge >= 0.3 is 0 Å². The maximum absolute atomic E-state index is 6.59. The molecule has 0 heterocycles. The average Bonchev–Trinajstić information content (AvgIpc) is 2.39. The highest BCUT2D eigenvalue weighted by atomic mass is 79.9. The molecule has 0 aliphatic rings. The highest BCUT2D eigenvalue weighted by Gasteiger charge is 2.25. The lowest BCUT2D eigenvalue weighted by atomic mass is 9.83. The van der Waals surface area contributed by atoms with Gasteiger partial charge in [0.05, 0.1) is 0 Å². The lowest BCUT2D eigenvalue weighted by Crippen LogP contribution is -2.38. The molecule has 1 atom stereocenters.